The van der Waals surface area contributed by atoms with Crippen LogP contribution in [0.2, 0.25) is 0 Å². The van der Waals surface area contributed by atoms with Crippen LogP contribution in [0.5, 0.6) is 5.75 Å². The number of rotatable bonds is 4. The van der Waals surface area contributed by atoms with Gasteiger partial charge in [-0.3, -0.25) is 24.6 Å². The van der Waals surface area contributed by atoms with Crippen molar-refractivity contribution in [2.24, 2.45) is 0 Å². The molecule has 0 bridgehead atoms. The second-order valence-corrected chi connectivity index (χ2v) is 7.36. The maximum Gasteiger partial charge on any atom is 0.300 e. The third-order valence-corrected chi connectivity index (χ3v) is 5.34. The summed E-state index contributed by atoms with van der Waals surface area (Å²) in [6, 6.07) is 17.2. The Morgan fingerprint density at radius 3 is 2.41 bits per heavy atom. The zero-order chi connectivity index (χ0) is 23.0. The Balaban J connectivity index is 1.98. The first kappa shape index (κ1) is 20.8. The average molecular weight is 430 g/mol. The Labute approximate surface area is 182 Å². The van der Waals surface area contributed by atoms with E-state index < -0.39 is 28.4 Å². The number of benzene rings is 3. The van der Waals surface area contributed by atoms with Gasteiger partial charge in [0.25, 0.3) is 17.4 Å². The topological polar surface area (TPSA) is 121 Å². The molecule has 8 nitrogen and oxygen atoms in total. The number of hydrogen-bond acceptors (Lipinski definition) is 6. The maximum atomic E-state index is 13.1. The molecule has 1 aliphatic rings. The van der Waals surface area contributed by atoms with Gasteiger partial charge < -0.3 is 10.2 Å². The van der Waals surface area contributed by atoms with Crippen LogP contribution in [0.25, 0.3) is 5.76 Å². The molecule has 0 spiro atoms. The lowest BCUT2D eigenvalue weighted by atomic mass is 9.94. The van der Waals surface area contributed by atoms with Crippen molar-refractivity contribution in [1.82, 2.24) is 0 Å². The highest BCUT2D eigenvalue weighted by molar-refractivity contribution is 6.51. The molecule has 4 rings (SSSR count). The van der Waals surface area contributed by atoms with Crippen LogP contribution in [-0.2, 0) is 9.59 Å². The number of aliphatic hydroxyl groups is 1. The fraction of sp³-hybridized carbons (Fsp3) is 0.0833. The van der Waals surface area contributed by atoms with Gasteiger partial charge in [0.15, 0.2) is 0 Å². The summed E-state index contributed by atoms with van der Waals surface area (Å²) in [7, 11) is 0. The van der Waals surface area contributed by atoms with E-state index in [4.69, 9.17) is 0 Å². The summed E-state index contributed by atoms with van der Waals surface area (Å²) in [5.74, 6) is -2.38. The summed E-state index contributed by atoms with van der Waals surface area (Å²) in [6.45, 7) is 1.79. The molecular weight excluding hydrogens is 412 g/mol. The fourth-order valence-electron chi connectivity index (χ4n) is 3.85. The second kappa shape index (κ2) is 7.99. The van der Waals surface area contributed by atoms with E-state index in [-0.39, 0.29) is 22.6 Å². The summed E-state index contributed by atoms with van der Waals surface area (Å²) in [5.41, 5.74) is 1.16. The normalized spacial score (nSPS) is 17.5. The molecule has 1 atom stereocenters. The van der Waals surface area contributed by atoms with Crippen molar-refractivity contribution >= 4 is 28.8 Å². The number of aliphatic hydroxyl groups excluding tert-OH is 1. The molecule has 1 saturated heterocycles. The predicted octanol–water partition coefficient (Wildman–Crippen LogP) is 4.24. The number of anilines is 1. The van der Waals surface area contributed by atoms with Gasteiger partial charge in [-0.1, -0.05) is 42.5 Å². The Bertz CT molecular complexity index is 1300. The number of Topliss-reactive ketones (excluding diaryl/α,β-unsaturated/α-hetero) is 1. The first-order chi connectivity index (χ1) is 15.3. The minimum absolute atomic E-state index is 0.0344. The molecule has 1 aliphatic heterocycles. The molecule has 1 unspecified atom stereocenters. The summed E-state index contributed by atoms with van der Waals surface area (Å²) in [5, 5.41) is 32.2. The number of phenols is 1. The minimum Gasteiger partial charge on any atom is -0.508 e. The number of hydrogen-bond donors (Lipinski definition) is 2. The largest absolute Gasteiger partial charge is 0.508 e. The third-order valence-electron chi connectivity index (χ3n) is 5.34. The fourth-order valence-corrected chi connectivity index (χ4v) is 3.85. The number of ketones is 1. The van der Waals surface area contributed by atoms with Crippen LogP contribution < -0.4 is 4.90 Å². The monoisotopic (exact) mass is 430 g/mol. The van der Waals surface area contributed by atoms with Gasteiger partial charge in [0, 0.05) is 23.4 Å². The molecule has 1 heterocycles. The lowest BCUT2D eigenvalue weighted by Crippen LogP contribution is -2.30. The Morgan fingerprint density at radius 2 is 1.72 bits per heavy atom. The van der Waals surface area contributed by atoms with Gasteiger partial charge in [-0.05, 0) is 36.2 Å². The molecule has 0 aromatic heterocycles. The molecule has 160 valence electrons. The molecule has 2 N–H and O–H groups in total. The Hall–Kier alpha value is -4.46. The van der Waals surface area contributed by atoms with Crippen molar-refractivity contribution in [3.63, 3.8) is 0 Å². The van der Waals surface area contributed by atoms with Crippen LogP contribution in [0.3, 0.4) is 0 Å². The van der Waals surface area contributed by atoms with Crippen molar-refractivity contribution in [2.75, 3.05) is 4.90 Å². The van der Waals surface area contributed by atoms with E-state index in [0.717, 1.165) is 11.6 Å². The van der Waals surface area contributed by atoms with Gasteiger partial charge >= 0.3 is 0 Å². The highest BCUT2D eigenvalue weighted by Gasteiger charge is 2.47. The van der Waals surface area contributed by atoms with Gasteiger partial charge in [0.1, 0.15) is 11.5 Å². The van der Waals surface area contributed by atoms with Crippen LogP contribution in [-0.4, -0.2) is 26.8 Å². The predicted molar refractivity (Wildman–Crippen MR) is 117 cm³/mol. The highest BCUT2D eigenvalue weighted by Crippen LogP contribution is 2.43. The third kappa shape index (κ3) is 3.47. The maximum absolute atomic E-state index is 13.1. The Kier molecular flexibility index (Phi) is 5.19. The molecule has 8 heteroatoms. The van der Waals surface area contributed by atoms with E-state index in [1.54, 1.807) is 43.3 Å². The molecule has 1 fully saturated rings. The van der Waals surface area contributed by atoms with Gasteiger partial charge in [0.2, 0.25) is 0 Å². The van der Waals surface area contributed by atoms with Crippen molar-refractivity contribution < 1.29 is 24.7 Å². The van der Waals surface area contributed by atoms with Crippen molar-refractivity contribution in [2.45, 2.75) is 13.0 Å². The van der Waals surface area contributed by atoms with Crippen molar-refractivity contribution in [3.05, 3.63) is 105 Å². The van der Waals surface area contributed by atoms with E-state index in [2.05, 4.69) is 0 Å². The number of non-ortho nitro benzene ring substituents is 1. The summed E-state index contributed by atoms with van der Waals surface area (Å²) in [6.07, 6.45) is 0. The van der Waals surface area contributed by atoms with Crippen LogP contribution in [0.1, 0.15) is 22.7 Å². The molecule has 32 heavy (non-hydrogen) atoms. The zero-order valence-corrected chi connectivity index (χ0v) is 16.9. The number of amides is 1. The average Bonchev–Trinajstić information content (AvgIpc) is 3.04. The minimum atomic E-state index is -1.04. The van der Waals surface area contributed by atoms with E-state index in [0.29, 0.717) is 11.3 Å². The number of para-hydroxylation sites is 1. The van der Waals surface area contributed by atoms with Crippen molar-refractivity contribution in [3.8, 4) is 5.75 Å². The van der Waals surface area contributed by atoms with Gasteiger partial charge in [-0.2, -0.15) is 0 Å². The number of nitrogens with zero attached hydrogens (tertiary/aromatic N) is 2. The van der Waals surface area contributed by atoms with E-state index in [9.17, 15) is 29.9 Å². The Morgan fingerprint density at radius 1 is 1.00 bits per heavy atom. The van der Waals surface area contributed by atoms with Gasteiger partial charge in [-0.15, -0.1) is 0 Å². The second-order valence-electron chi connectivity index (χ2n) is 7.36. The molecule has 3 aromatic rings. The van der Waals surface area contributed by atoms with Crippen LogP contribution in [0.15, 0.2) is 78.4 Å². The van der Waals surface area contributed by atoms with Gasteiger partial charge in [-0.25, -0.2) is 0 Å². The molecule has 0 saturated carbocycles. The van der Waals surface area contributed by atoms with Gasteiger partial charge in [0.05, 0.1) is 16.5 Å². The zero-order valence-electron chi connectivity index (χ0n) is 16.9. The van der Waals surface area contributed by atoms with Crippen LogP contribution in [0.4, 0.5) is 11.4 Å². The SMILES string of the molecule is Cc1ccccc1N1C(=O)C(=O)/C(=C(\O)c2cccc([N+](=O)[O-])c2)C1c1cccc(O)c1. The molecule has 0 aliphatic carbocycles. The molecular formula is C24H18N2O6. The first-order valence-corrected chi connectivity index (χ1v) is 9.70. The number of carbonyl (C=O) groups is 2. The van der Waals surface area contributed by atoms with E-state index in [1.165, 1.54) is 35.2 Å². The quantitative estimate of drug-likeness (QED) is 0.210. The molecule has 3 aromatic carbocycles. The molecule has 1 amide bonds. The summed E-state index contributed by atoms with van der Waals surface area (Å²) >= 11 is 0. The number of nitro groups is 1. The number of phenolic OH excluding ortho intramolecular Hbond substituents is 1. The summed E-state index contributed by atoms with van der Waals surface area (Å²) < 4.78 is 0. The number of aromatic hydroxyl groups is 1. The number of carbonyl (C=O) groups excluding carboxylic acids is 2. The standard InChI is InChI=1S/C24H18N2O6/c1-14-6-2-3-11-19(14)25-21(15-7-5-10-18(27)13-15)20(23(29)24(25)30)22(28)16-8-4-9-17(12-16)26(31)32/h2-13,21,27-28H,1H3/b22-20-. The van der Waals surface area contributed by atoms with Crippen LogP contribution in [0, 0.1) is 17.0 Å². The number of aryl methyl sites for hydroxylation is 1. The number of nitro benzene ring substituents is 1. The van der Waals surface area contributed by atoms with E-state index in [1.807, 2.05) is 0 Å². The van der Waals surface area contributed by atoms with E-state index >= 15 is 0 Å². The lowest BCUT2D eigenvalue weighted by molar-refractivity contribution is -0.384. The van der Waals surface area contributed by atoms with Crippen LogP contribution >= 0.6 is 0 Å². The smallest absolute Gasteiger partial charge is 0.300 e. The highest BCUT2D eigenvalue weighted by atomic mass is 16.6. The summed E-state index contributed by atoms with van der Waals surface area (Å²) in [4.78, 5) is 38.0. The first-order valence-electron chi connectivity index (χ1n) is 9.70. The van der Waals surface area contributed by atoms with Crippen molar-refractivity contribution in [1.29, 1.82) is 0 Å². The lowest BCUT2D eigenvalue weighted by Gasteiger charge is -2.26. The molecule has 0 radical (unpaired) electrons.